The summed E-state index contributed by atoms with van der Waals surface area (Å²) in [4.78, 5) is 13.5. The molecule has 0 amide bonds. The molecule has 134 valence electrons. The molecule has 1 aliphatic carbocycles. The Hall–Kier alpha value is -3.21. The fourth-order valence-corrected chi connectivity index (χ4v) is 3.77. The van der Waals surface area contributed by atoms with Crippen molar-refractivity contribution in [3.8, 4) is 17.0 Å². The van der Waals surface area contributed by atoms with Crippen molar-refractivity contribution < 1.29 is 4.74 Å². The molecular formula is C22H20N4O. The Morgan fingerprint density at radius 3 is 2.93 bits per heavy atom. The van der Waals surface area contributed by atoms with Gasteiger partial charge in [0.1, 0.15) is 6.61 Å². The number of rotatable bonds is 4. The van der Waals surface area contributed by atoms with Gasteiger partial charge >= 0.3 is 0 Å². The number of hydrogen-bond acceptors (Lipinski definition) is 4. The summed E-state index contributed by atoms with van der Waals surface area (Å²) in [5.41, 5.74) is 7.96. The molecule has 27 heavy (non-hydrogen) atoms. The quantitative estimate of drug-likeness (QED) is 0.552. The van der Waals surface area contributed by atoms with E-state index in [0.717, 1.165) is 41.7 Å². The first-order valence-corrected chi connectivity index (χ1v) is 9.25. The van der Waals surface area contributed by atoms with Crippen LogP contribution in [-0.2, 0) is 26.5 Å². The predicted octanol–water partition coefficient (Wildman–Crippen LogP) is 4.10. The van der Waals surface area contributed by atoms with Gasteiger partial charge in [0.2, 0.25) is 5.88 Å². The van der Waals surface area contributed by atoms with Crippen LogP contribution in [0.25, 0.3) is 22.2 Å². The van der Waals surface area contributed by atoms with Crippen LogP contribution in [0.5, 0.6) is 5.88 Å². The minimum atomic E-state index is 0.423. The number of aryl methyl sites for hydroxylation is 2. The first-order chi connectivity index (χ1) is 13.3. The number of fused-ring (bicyclic) bond motifs is 2. The van der Waals surface area contributed by atoms with Gasteiger partial charge in [-0.15, -0.1) is 0 Å². The van der Waals surface area contributed by atoms with E-state index in [9.17, 15) is 0 Å². The largest absolute Gasteiger partial charge is 0.471 e. The summed E-state index contributed by atoms with van der Waals surface area (Å²) in [7, 11) is 2.03. The van der Waals surface area contributed by atoms with E-state index >= 15 is 0 Å². The van der Waals surface area contributed by atoms with Crippen LogP contribution in [-0.4, -0.2) is 19.5 Å². The molecule has 0 unspecified atom stereocenters. The third kappa shape index (κ3) is 2.95. The molecular weight excluding hydrogens is 336 g/mol. The van der Waals surface area contributed by atoms with Crippen LogP contribution in [0.4, 0.5) is 0 Å². The van der Waals surface area contributed by atoms with E-state index in [-0.39, 0.29) is 0 Å². The van der Waals surface area contributed by atoms with Crippen molar-refractivity contribution >= 4 is 11.0 Å². The minimum Gasteiger partial charge on any atom is -0.471 e. The second kappa shape index (κ2) is 6.50. The SMILES string of the molecule is Cn1cnc2ccc(-c3cc(OCc4ccccn4)nc4c3CCC4)cc21. The summed E-state index contributed by atoms with van der Waals surface area (Å²) in [6.07, 6.45) is 6.86. The van der Waals surface area contributed by atoms with Gasteiger partial charge in [0.15, 0.2) is 0 Å². The number of pyridine rings is 2. The van der Waals surface area contributed by atoms with Gasteiger partial charge in [-0.2, -0.15) is 0 Å². The molecule has 0 radical (unpaired) electrons. The van der Waals surface area contributed by atoms with Crippen molar-refractivity contribution in [1.82, 2.24) is 19.5 Å². The van der Waals surface area contributed by atoms with E-state index in [1.54, 1.807) is 6.20 Å². The standard InChI is InChI=1S/C22H20N4O/c1-26-14-24-20-9-8-15(11-21(20)26)18-12-22(25-19-7-4-6-17(18)19)27-13-16-5-2-3-10-23-16/h2-3,5,8-12,14H,4,6-7,13H2,1H3. The fourth-order valence-electron chi connectivity index (χ4n) is 3.77. The summed E-state index contributed by atoms with van der Waals surface area (Å²) < 4.78 is 8.04. The highest BCUT2D eigenvalue weighted by molar-refractivity contribution is 5.83. The van der Waals surface area contributed by atoms with Gasteiger partial charge in [0, 0.05) is 25.0 Å². The summed E-state index contributed by atoms with van der Waals surface area (Å²) in [5, 5.41) is 0. The summed E-state index contributed by atoms with van der Waals surface area (Å²) in [6.45, 7) is 0.423. The lowest BCUT2D eigenvalue weighted by Gasteiger charge is -2.13. The zero-order chi connectivity index (χ0) is 18.2. The average molecular weight is 356 g/mol. The maximum atomic E-state index is 5.98. The second-order valence-electron chi connectivity index (χ2n) is 6.96. The molecule has 5 nitrogen and oxygen atoms in total. The van der Waals surface area contributed by atoms with E-state index in [0.29, 0.717) is 12.5 Å². The lowest BCUT2D eigenvalue weighted by molar-refractivity contribution is 0.288. The van der Waals surface area contributed by atoms with Crippen LogP contribution in [0, 0.1) is 0 Å². The Balaban J connectivity index is 1.54. The molecule has 1 aromatic carbocycles. The molecule has 1 aliphatic rings. The van der Waals surface area contributed by atoms with Crippen LogP contribution in [0.3, 0.4) is 0 Å². The molecule has 0 bridgehead atoms. The summed E-state index contributed by atoms with van der Waals surface area (Å²) >= 11 is 0. The van der Waals surface area contributed by atoms with E-state index in [4.69, 9.17) is 9.72 Å². The minimum absolute atomic E-state index is 0.423. The first-order valence-electron chi connectivity index (χ1n) is 9.25. The van der Waals surface area contributed by atoms with Gasteiger partial charge < -0.3 is 9.30 Å². The maximum Gasteiger partial charge on any atom is 0.214 e. The zero-order valence-corrected chi connectivity index (χ0v) is 15.2. The van der Waals surface area contributed by atoms with Crippen LogP contribution in [0.1, 0.15) is 23.4 Å². The number of benzene rings is 1. The average Bonchev–Trinajstić information content (AvgIpc) is 3.33. The zero-order valence-electron chi connectivity index (χ0n) is 15.2. The van der Waals surface area contributed by atoms with E-state index in [1.807, 2.05) is 31.6 Å². The molecule has 5 rings (SSSR count). The second-order valence-corrected chi connectivity index (χ2v) is 6.96. The molecule has 5 heteroatoms. The third-order valence-corrected chi connectivity index (χ3v) is 5.16. The highest BCUT2D eigenvalue weighted by Gasteiger charge is 2.20. The molecule has 3 aromatic heterocycles. The number of nitrogens with zero attached hydrogens (tertiary/aromatic N) is 4. The van der Waals surface area contributed by atoms with E-state index in [2.05, 4.69) is 38.8 Å². The van der Waals surface area contributed by atoms with Crippen molar-refractivity contribution in [2.45, 2.75) is 25.9 Å². The number of hydrogen-bond donors (Lipinski definition) is 0. The third-order valence-electron chi connectivity index (χ3n) is 5.16. The number of ether oxygens (including phenoxy) is 1. The predicted molar refractivity (Wildman–Crippen MR) is 105 cm³/mol. The molecule has 4 aromatic rings. The first kappa shape index (κ1) is 16.0. The molecule has 0 saturated heterocycles. The van der Waals surface area contributed by atoms with E-state index < -0.39 is 0 Å². The molecule has 0 saturated carbocycles. The molecule has 0 fully saturated rings. The monoisotopic (exact) mass is 356 g/mol. The lowest BCUT2D eigenvalue weighted by Crippen LogP contribution is -2.02. The Kier molecular flexibility index (Phi) is 3.85. The number of imidazole rings is 1. The fraction of sp³-hybridized carbons (Fsp3) is 0.227. The molecule has 3 heterocycles. The highest BCUT2D eigenvalue weighted by atomic mass is 16.5. The Bertz CT molecular complexity index is 1120. The van der Waals surface area contributed by atoms with Crippen LogP contribution < -0.4 is 4.74 Å². The number of aromatic nitrogens is 4. The van der Waals surface area contributed by atoms with Crippen LogP contribution in [0.15, 0.2) is 55.0 Å². The van der Waals surface area contributed by atoms with Crippen molar-refractivity contribution in [2.24, 2.45) is 7.05 Å². The topological polar surface area (TPSA) is 52.8 Å². The van der Waals surface area contributed by atoms with Crippen molar-refractivity contribution in [1.29, 1.82) is 0 Å². The van der Waals surface area contributed by atoms with Gasteiger partial charge in [-0.25, -0.2) is 9.97 Å². The van der Waals surface area contributed by atoms with Gasteiger partial charge in [-0.05, 0) is 60.2 Å². The van der Waals surface area contributed by atoms with Crippen LogP contribution in [0.2, 0.25) is 0 Å². The van der Waals surface area contributed by atoms with Gasteiger partial charge in [0.25, 0.3) is 0 Å². The Labute approximate surface area is 157 Å². The summed E-state index contributed by atoms with van der Waals surface area (Å²) in [6, 6.07) is 14.3. The Morgan fingerprint density at radius 2 is 2.04 bits per heavy atom. The van der Waals surface area contributed by atoms with Gasteiger partial charge in [-0.1, -0.05) is 12.1 Å². The maximum absolute atomic E-state index is 5.98. The van der Waals surface area contributed by atoms with Gasteiger partial charge in [-0.3, -0.25) is 4.98 Å². The van der Waals surface area contributed by atoms with Crippen molar-refractivity contribution in [2.75, 3.05) is 0 Å². The lowest BCUT2D eigenvalue weighted by atomic mass is 9.99. The van der Waals surface area contributed by atoms with Crippen LogP contribution >= 0.6 is 0 Å². The normalized spacial score (nSPS) is 13.1. The van der Waals surface area contributed by atoms with Crippen molar-refractivity contribution in [3.63, 3.8) is 0 Å². The smallest absolute Gasteiger partial charge is 0.214 e. The van der Waals surface area contributed by atoms with Crippen molar-refractivity contribution in [3.05, 3.63) is 71.9 Å². The van der Waals surface area contributed by atoms with Gasteiger partial charge in [0.05, 0.1) is 23.1 Å². The summed E-state index contributed by atoms with van der Waals surface area (Å²) in [5.74, 6) is 0.668. The molecule has 0 atom stereocenters. The molecule has 0 aliphatic heterocycles. The molecule has 0 spiro atoms. The van der Waals surface area contributed by atoms with E-state index in [1.165, 1.54) is 16.7 Å². The molecule has 0 N–H and O–H groups in total. The Morgan fingerprint density at radius 1 is 1.07 bits per heavy atom. The highest BCUT2D eigenvalue weighted by Crippen LogP contribution is 2.35.